The average molecular weight is 410 g/mol. The van der Waals surface area contributed by atoms with Gasteiger partial charge in [-0.3, -0.25) is 4.79 Å². The number of carbonyl (C=O) groups excluding carboxylic acids is 1. The molecule has 30 heavy (non-hydrogen) atoms. The minimum Gasteiger partial charge on any atom is -0.497 e. The van der Waals surface area contributed by atoms with Crippen molar-refractivity contribution >= 4 is 5.91 Å². The van der Waals surface area contributed by atoms with E-state index < -0.39 is 0 Å². The zero-order chi connectivity index (χ0) is 21.1. The Morgan fingerprint density at radius 1 is 1.20 bits per heavy atom. The first-order chi connectivity index (χ1) is 14.5. The van der Waals surface area contributed by atoms with E-state index in [2.05, 4.69) is 20.6 Å². The van der Waals surface area contributed by atoms with Crippen LogP contribution in [0.15, 0.2) is 28.8 Å². The fraction of sp³-hybridized carbons (Fsp3) is 0.476. The largest absolute Gasteiger partial charge is 0.497 e. The van der Waals surface area contributed by atoms with Crippen molar-refractivity contribution in [2.45, 2.75) is 45.6 Å². The van der Waals surface area contributed by atoms with Gasteiger partial charge in [-0.25, -0.2) is 0 Å². The normalized spacial score (nSPS) is 14.8. The number of piperidine rings is 1. The number of aromatic nitrogens is 5. The van der Waals surface area contributed by atoms with E-state index in [0.29, 0.717) is 31.8 Å². The third-order valence-corrected chi connectivity index (χ3v) is 5.69. The van der Waals surface area contributed by atoms with Crippen molar-refractivity contribution in [2.75, 3.05) is 20.2 Å². The van der Waals surface area contributed by atoms with Gasteiger partial charge >= 0.3 is 0 Å². The summed E-state index contributed by atoms with van der Waals surface area (Å²) in [6.07, 6.45) is 2.76. The van der Waals surface area contributed by atoms with E-state index in [-0.39, 0.29) is 11.9 Å². The van der Waals surface area contributed by atoms with E-state index in [0.717, 1.165) is 41.2 Å². The highest BCUT2D eigenvalue weighted by Gasteiger charge is 2.26. The standard InChI is InChI=1S/C21H26N6O3/c1-14-19(15(2)30-24-14)8-9-20(28)26-12-10-17(11-13-26)27-23-21(22-25-27)16-4-6-18(29-3)7-5-16/h4-7,17H,8-13H2,1-3H3. The summed E-state index contributed by atoms with van der Waals surface area (Å²) in [6.45, 7) is 5.19. The Labute approximate surface area is 175 Å². The van der Waals surface area contributed by atoms with Crippen molar-refractivity contribution < 1.29 is 14.1 Å². The van der Waals surface area contributed by atoms with Crippen LogP contribution in [-0.2, 0) is 11.2 Å². The van der Waals surface area contributed by atoms with Gasteiger partial charge in [0.25, 0.3) is 0 Å². The van der Waals surface area contributed by atoms with Crippen molar-refractivity contribution in [3.63, 3.8) is 0 Å². The summed E-state index contributed by atoms with van der Waals surface area (Å²) in [5.74, 6) is 2.34. The second kappa shape index (κ2) is 8.64. The van der Waals surface area contributed by atoms with Gasteiger partial charge in [0, 0.05) is 30.6 Å². The van der Waals surface area contributed by atoms with Crippen LogP contribution in [0.4, 0.5) is 0 Å². The molecule has 1 amide bonds. The quantitative estimate of drug-likeness (QED) is 0.616. The minimum absolute atomic E-state index is 0.149. The lowest BCUT2D eigenvalue weighted by Crippen LogP contribution is -2.39. The summed E-state index contributed by atoms with van der Waals surface area (Å²) in [5, 5.41) is 16.9. The van der Waals surface area contributed by atoms with Crippen LogP contribution in [-0.4, -0.2) is 56.4 Å². The maximum atomic E-state index is 12.6. The molecule has 0 atom stereocenters. The van der Waals surface area contributed by atoms with E-state index in [1.807, 2.05) is 43.0 Å². The predicted molar refractivity (Wildman–Crippen MR) is 109 cm³/mol. The second-order valence-corrected chi connectivity index (χ2v) is 7.58. The molecule has 2 aromatic heterocycles. The molecule has 0 spiro atoms. The summed E-state index contributed by atoms with van der Waals surface area (Å²) < 4.78 is 10.4. The van der Waals surface area contributed by atoms with Crippen molar-refractivity contribution in [2.24, 2.45) is 0 Å². The molecule has 0 saturated carbocycles. The van der Waals surface area contributed by atoms with Crippen LogP contribution in [0.25, 0.3) is 11.4 Å². The lowest BCUT2D eigenvalue weighted by atomic mass is 10.0. The number of hydrogen-bond donors (Lipinski definition) is 0. The van der Waals surface area contributed by atoms with E-state index in [1.165, 1.54) is 0 Å². The number of hydrogen-bond acceptors (Lipinski definition) is 7. The molecule has 0 bridgehead atoms. The molecular weight excluding hydrogens is 384 g/mol. The number of ether oxygens (including phenoxy) is 1. The highest BCUT2D eigenvalue weighted by atomic mass is 16.5. The molecule has 4 rings (SSSR count). The fourth-order valence-corrected chi connectivity index (χ4v) is 3.83. The van der Waals surface area contributed by atoms with Gasteiger partial charge in [0.1, 0.15) is 11.5 Å². The van der Waals surface area contributed by atoms with Gasteiger partial charge in [0.05, 0.1) is 18.8 Å². The number of amides is 1. The van der Waals surface area contributed by atoms with Gasteiger partial charge < -0.3 is 14.2 Å². The predicted octanol–water partition coefficient (Wildman–Crippen LogP) is 2.75. The van der Waals surface area contributed by atoms with Gasteiger partial charge in [-0.1, -0.05) is 5.16 Å². The number of likely N-dealkylation sites (tertiary alicyclic amines) is 1. The van der Waals surface area contributed by atoms with Crippen molar-refractivity contribution in [3.05, 3.63) is 41.3 Å². The van der Waals surface area contributed by atoms with Crippen LogP contribution in [0.5, 0.6) is 5.75 Å². The zero-order valence-corrected chi connectivity index (χ0v) is 17.5. The molecule has 0 unspecified atom stereocenters. The first-order valence-corrected chi connectivity index (χ1v) is 10.2. The monoisotopic (exact) mass is 410 g/mol. The maximum absolute atomic E-state index is 12.6. The van der Waals surface area contributed by atoms with Gasteiger partial charge in [-0.15, -0.1) is 10.2 Å². The summed E-state index contributed by atoms with van der Waals surface area (Å²) in [4.78, 5) is 16.2. The number of benzene rings is 1. The molecule has 1 aliphatic rings. The number of aryl methyl sites for hydroxylation is 2. The van der Waals surface area contributed by atoms with Crippen molar-refractivity contribution in [3.8, 4) is 17.1 Å². The van der Waals surface area contributed by atoms with E-state index in [1.54, 1.807) is 11.9 Å². The Morgan fingerprint density at radius 2 is 1.93 bits per heavy atom. The molecule has 1 fully saturated rings. The third-order valence-electron chi connectivity index (χ3n) is 5.69. The SMILES string of the molecule is COc1ccc(-c2nnn(C3CCN(C(=O)CCc4c(C)noc4C)CC3)n2)cc1. The zero-order valence-electron chi connectivity index (χ0n) is 17.5. The number of tetrazole rings is 1. The number of carbonyl (C=O) groups is 1. The molecule has 0 aliphatic carbocycles. The molecule has 1 aromatic carbocycles. The minimum atomic E-state index is 0.149. The first-order valence-electron chi connectivity index (χ1n) is 10.2. The van der Waals surface area contributed by atoms with Crippen LogP contribution < -0.4 is 4.74 Å². The second-order valence-electron chi connectivity index (χ2n) is 7.58. The fourth-order valence-electron chi connectivity index (χ4n) is 3.83. The highest BCUT2D eigenvalue weighted by Crippen LogP contribution is 2.24. The summed E-state index contributed by atoms with van der Waals surface area (Å²) in [5.41, 5.74) is 2.80. The molecule has 1 saturated heterocycles. The van der Waals surface area contributed by atoms with Gasteiger partial charge in [-0.2, -0.15) is 4.80 Å². The number of methoxy groups -OCH3 is 1. The van der Waals surface area contributed by atoms with Gasteiger partial charge in [0.2, 0.25) is 11.7 Å². The molecule has 158 valence electrons. The molecule has 1 aliphatic heterocycles. The molecule has 9 nitrogen and oxygen atoms in total. The van der Waals surface area contributed by atoms with Crippen molar-refractivity contribution in [1.82, 2.24) is 30.3 Å². The van der Waals surface area contributed by atoms with Crippen LogP contribution in [0.2, 0.25) is 0 Å². The Kier molecular flexibility index (Phi) is 5.78. The molecular formula is C21H26N6O3. The first kappa shape index (κ1) is 20.1. The highest BCUT2D eigenvalue weighted by molar-refractivity contribution is 5.76. The molecule has 0 radical (unpaired) electrons. The Bertz CT molecular complexity index is 983. The Hall–Kier alpha value is -3.23. The topological polar surface area (TPSA) is 99.2 Å². The van der Waals surface area contributed by atoms with E-state index in [9.17, 15) is 4.79 Å². The summed E-state index contributed by atoms with van der Waals surface area (Å²) >= 11 is 0. The third kappa shape index (κ3) is 4.19. The van der Waals surface area contributed by atoms with Crippen LogP contribution in [0.3, 0.4) is 0 Å². The lowest BCUT2D eigenvalue weighted by Gasteiger charge is -2.31. The molecule has 9 heteroatoms. The Morgan fingerprint density at radius 3 is 2.57 bits per heavy atom. The van der Waals surface area contributed by atoms with Gasteiger partial charge in [-0.05, 0) is 62.6 Å². The summed E-state index contributed by atoms with van der Waals surface area (Å²) in [7, 11) is 1.64. The van der Waals surface area contributed by atoms with Crippen LogP contribution in [0, 0.1) is 13.8 Å². The average Bonchev–Trinajstić information content (AvgIpc) is 3.39. The number of rotatable bonds is 6. The number of nitrogens with zero attached hydrogens (tertiary/aromatic N) is 6. The van der Waals surface area contributed by atoms with Gasteiger partial charge in [0.15, 0.2) is 0 Å². The molecule has 3 heterocycles. The molecule has 0 N–H and O–H groups in total. The van der Waals surface area contributed by atoms with Crippen LogP contribution in [0.1, 0.15) is 42.3 Å². The summed E-state index contributed by atoms with van der Waals surface area (Å²) in [6, 6.07) is 7.74. The molecule has 3 aromatic rings. The smallest absolute Gasteiger partial charge is 0.222 e. The van der Waals surface area contributed by atoms with Crippen molar-refractivity contribution in [1.29, 1.82) is 0 Å². The van der Waals surface area contributed by atoms with Crippen LogP contribution >= 0.6 is 0 Å². The maximum Gasteiger partial charge on any atom is 0.222 e. The Balaban J connectivity index is 1.31. The van der Waals surface area contributed by atoms with E-state index >= 15 is 0 Å². The van der Waals surface area contributed by atoms with E-state index in [4.69, 9.17) is 9.26 Å². The lowest BCUT2D eigenvalue weighted by molar-refractivity contribution is -0.132.